The van der Waals surface area contributed by atoms with Gasteiger partial charge in [-0.1, -0.05) is 30.3 Å². The van der Waals surface area contributed by atoms with Crippen molar-refractivity contribution >= 4 is 17.6 Å². The van der Waals surface area contributed by atoms with Gasteiger partial charge in [0, 0.05) is 13.1 Å². The molecule has 2 aromatic rings. The van der Waals surface area contributed by atoms with E-state index in [4.69, 9.17) is 4.74 Å². The molecule has 0 bridgehead atoms. The maximum atomic E-state index is 11.8. The second-order valence-electron chi connectivity index (χ2n) is 8.15. The smallest absolute Gasteiger partial charge is 0.413 e. The van der Waals surface area contributed by atoms with Crippen molar-refractivity contribution in [1.82, 2.24) is 4.98 Å². The van der Waals surface area contributed by atoms with Crippen molar-refractivity contribution in [3.8, 4) is 0 Å². The van der Waals surface area contributed by atoms with Crippen LogP contribution in [0.4, 0.5) is 16.3 Å². The van der Waals surface area contributed by atoms with E-state index < -0.39 is 11.7 Å². The highest BCUT2D eigenvalue weighted by Crippen LogP contribution is 2.26. The number of hydrogen-bond acceptors (Lipinski definition) is 4. The van der Waals surface area contributed by atoms with Crippen LogP contribution in [-0.4, -0.2) is 29.8 Å². The number of aromatic nitrogens is 1. The molecule has 0 atom stereocenters. The summed E-state index contributed by atoms with van der Waals surface area (Å²) in [4.78, 5) is 18.5. The summed E-state index contributed by atoms with van der Waals surface area (Å²) in [6.07, 6.45) is 4.87. The van der Waals surface area contributed by atoms with E-state index in [1.165, 1.54) is 18.4 Å². The Morgan fingerprint density at radius 2 is 1.85 bits per heavy atom. The van der Waals surface area contributed by atoms with E-state index in [0.717, 1.165) is 31.1 Å². The number of rotatable bonds is 4. The summed E-state index contributed by atoms with van der Waals surface area (Å²) in [5.41, 5.74) is 2.01. The van der Waals surface area contributed by atoms with Gasteiger partial charge in [-0.25, -0.2) is 9.78 Å². The van der Waals surface area contributed by atoms with E-state index in [9.17, 15) is 4.79 Å². The molecule has 1 aliphatic rings. The molecule has 0 saturated carbocycles. The molecule has 0 radical (unpaired) electrons. The Morgan fingerprint density at radius 1 is 1.15 bits per heavy atom. The molecule has 1 saturated heterocycles. The summed E-state index contributed by atoms with van der Waals surface area (Å²) in [6, 6.07) is 14.6. The Morgan fingerprint density at radius 3 is 2.44 bits per heavy atom. The van der Waals surface area contributed by atoms with Crippen LogP contribution >= 0.6 is 0 Å². The maximum Gasteiger partial charge on any atom is 0.413 e. The average molecular weight is 367 g/mol. The number of benzene rings is 1. The molecule has 0 unspecified atom stereocenters. The van der Waals surface area contributed by atoms with Crippen LogP contribution in [0, 0.1) is 5.92 Å². The highest BCUT2D eigenvalue weighted by molar-refractivity contribution is 5.83. The van der Waals surface area contributed by atoms with Gasteiger partial charge in [0.15, 0.2) is 0 Å². The largest absolute Gasteiger partial charge is 0.444 e. The number of nitrogens with one attached hydrogen (secondary N) is 1. The number of amides is 1. The summed E-state index contributed by atoms with van der Waals surface area (Å²) in [6.45, 7) is 7.59. The predicted octanol–water partition coefficient (Wildman–Crippen LogP) is 4.89. The van der Waals surface area contributed by atoms with Crippen molar-refractivity contribution in [2.45, 2.75) is 45.6 Å². The third-order valence-electron chi connectivity index (χ3n) is 4.72. The van der Waals surface area contributed by atoms with E-state index in [2.05, 4.69) is 45.5 Å². The molecule has 1 fully saturated rings. The molecule has 1 aliphatic heterocycles. The number of piperidine rings is 1. The van der Waals surface area contributed by atoms with Gasteiger partial charge >= 0.3 is 6.09 Å². The number of carbonyl (C=O) groups excluding carboxylic acids is 1. The summed E-state index contributed by atoms with van der Waals surface area (Å²) >= 11 is 0. The minimum absolute atomic E-state index is 0.482. The molecule has 144 valence electrons. The van der Waals surface area contributed by atoms with Crippen LogP contribution in [-0.2, 0) is 11.2 Å². The molecule has 1 amide bonds. The first-order valence-electron chi connectivity index (χ1n) is 9.64. The van der Waals surface area contributed by atoms with Crippen LogP contribution in [0.2, 0.25) is 0 Å². The predicted molar refractivity (Wildman–Crippen MR) is 109 cm³/mol. The fourth-order valence-corrected chi connectivity index (χ4v) is 3.40. The molecule has 1 aromatic carbocycles. The first-order chi connectivity index (χ1) is 12.9. The lowest BCUT2D eigenvalue weighted by Gasteiger charge is -2.33. The van der Waals surface area contributed by atoms with Gasteiger partial charge in [-0.05, 0) is 63.6 Å². The quantitative estimate of drug-likeness (QED) is 0.836. The molecular formula is C22H29N3O2. The molecule has 3 rings (SSSR count). The van der Waals surface area contributed by atoms with Crippen molar-refractivity contribution in [3.63, 3.8) is 0 Å². The zero-order valence-electron chi connectivity index (χ0n) is 16.4. The molecule has 1 N–H and O–H groups in total. The minimum atomic E-state index is -0.520. The van der Waals surface area contributed by atoms with Crippen molar-refractivity contribution in [2.75, 3.05) is 23.3 Å². The lowest BCUT2D eigenvalue weighted by Crippen LogP contribution is -2.34. The Kier molecular flexibility index (Phi) is 5.99. The van der Waals surface area contributed by atoms with E-state index in [1.54, 1.807) is 0 Å². The number of carbonyl (C=O) groups is 1. The second kappa shape index (κ2) is 8.42. The van der Waals surface area contributed by atoms with Gasteiger partial charge in [0.25, 0.3) is 0 Å². The standard InChI is InChI=1S/C22H29N3O2/c1-22(2,3)27-21(26)24-20-10-9-19(16-23-20)25-13-11-18(12-14-25)15-17-7-5-4-6-8-17/h4-10,16,18H,11-15H2,1-3H3,(H,23,24,26). The van der Waals surface area contributed by atoms with Gasteiger partial charge in [0.05, 0.1) is 11.9 Å². The first kappa shape index (κ1) is 19.2. The van der Waals surface area contributed by atoms with Gasteiger partial charge < -0.3 is 9.64 Å². The van der Waals surface area contributed by atoms with Crippen molar-refractivity contribution in [3.05, 3.63) is 54.2 Å². The fraction of sp³-hybridized carbons (Fsp3) is 0.455. The molecule has 5 nitrogen and oxygen atoms in total. The molecule has 5 heteroatoms. The Labute approximate surface area is 161 Å². The molecule has 0 spiro atoms. The summed E-state index contributed by atoms with van der Waals surface area (Å²) in [7, 11) is 0. The SMILES string of the molecule is CC(C)(C)OC(=O)Nc1ccc(N2CCC(Cc3ccccc3)CC2)cn1. The lowest BCUT2D eigenvalue weighted by atomic mass is 9.90. The monoisotopic (exact) mass is 367 g/mol. The van der Waals surface area contributed by atoms with Gasteiger partial charge in [-0.2, -0.15) is 0 Å². The highest BCUT2D eigenvalue weighted by atomic mass is 16.6. The van der Waals surface area contributed by atoms with Crippen LogP contribution < -0.4 is 10.2 Å². The topological polar surface area (TPSA) is 54.5 Å². The van der Waals surface area contributed by atoms with Crippen molar-refractivity contribution in [1.29, 1.82) is 0 Å². The van der Waals surface area contributed by atoms with Crippen LogP contribution in [0.3, 0.4) is 0 Å². The summed E-state index contributed by atoms with van der Waals surface area (Å²) in [5.74, 6) is 1.25. The highest BCUT2D eigenvalue weighted by Gasteiger charge is 2.20. The molecule has 27 heavy (non-hydrogen) atoms. The summed E-state index contributed by atoms with van der Waals surface area (Å²) in [5, 5.41) is 2.67. The van der Waals surface area contributed by atoms with Crippen LogP contribution in [0.5, 0.6) is 0 Å². The van der Waals surface area contributed by atoms with E-state index >= 15 is 0 Å². The molecule has 1 aromatic heterocycles. The van der Waals surface area contributed by atoms with E-state index in [1.807, 2.05) is 39.1 Å². The molecule has 0 aliphatic carbocycles. The lowest BCUT2D eigenvalue weighted by molar-refractivity contribution is 0.0635. The first-order valence-corrected chi connectivity index (χ1v) is 9.64. The number of nitrogens with zero attached hydrogens (tertiary/aromatic N) is 2. The number of pyridine rings is 1. The zero-order chi connectivity index (χ0) is 19.3. The average Bonchev–Trinajstić information content (AvgIpc) is 2.62. The van der Waals surface area contributed by atoms with E-state index in [-0.39, 0.29) is 0 Å². The third-order valence-corrected chi connectivity index (χ3v) is 4.72. The number of ether oxygens (including phenoxy) is 1. The molecular weight excluding hydrogens is 338 g/mol. The number of hydrogen-bond donors (Lipinski definition) is 1. The van der Waals surface area contributed by atoms with Crippen molar-refractivity contribution < 1.29 is 9.53 Å². The zero-order valence-corrected chi connectivity index (χ0v) is 16.4. The minimum Gasteiger partial charge on any atom is -0.444 e. The van der Waals surface area contributed by atoms with Crippen molar-refractivity contribution in [2.24, 2.45) is 5.92 Å². The molecule has 2 heterocycles. The Balaban J connectivity index is 1.49. The van der Waals surface area contributed by atoms with Gasteiger partial charge in [-0.3, -0.25) is 5.32 Å². The van der Waals surface area contributed by atoms with Gasteiger partial charge in [0.1, 0.15) is 11.4 Å². The third kappa shape index (κ3) is 5.98. The van der Waals surface area contributed by atoms with Gasteiger partial charge in [-0.15, -0.1) is 0 Å². The van der Waals surface area contributed by atoms with E-state index in [0.29, 0.717) is 5.82 Å². The fourth-order valence-electron chi connectivity index (χ4n) is 3.40. The van der Waals surface area contributed by atoms with Crippen LogP contribution in [0.1, 0.15) is 39.2 Å². The normalized spacial score (nSPS) is 15.4. The van der Waals surface area contributed by atoms with Crippen LogP contribution in [0.15, 0.2) is 48.7 Å². The van der Waals surface area contributed by atoms with Gasteiger partial charge in [0.2, 0.25) is 0 Å². The van der Waals surface area contributed by atoms with Crippen LogP contribution in [0.25, 0.3) is 0 Å². The Hall–Kier alpha value is -2.56. The Bertz CT molecular complexity index is 730. The second-order valence-corrected chi connectivity index (χ2v) is 8.15. The maximum absolute atomic E-state index is 11.8. The summed E-state index contributed by atoms with van der Waals surface area (Å²) < 4.78 is 5.25. The number of anilines is 2.